The number of methoxy groups -OCH3 is 1. The van der Waals surface area contributed by atoms with E-state index in [1.807, 2.05) is 0 Å². The van der Waals surface area contributed by atoms with Gasteiger partial charge in [-0.15, -0.1) is 0 Å². The molecule has 0 aromatic carbocycles. The molecule has 15 heavy (non-hydrogen) atoms. The van der Waals surface area contributed by atoms with Crippen LogP contribution in [0.2, 0.25) is 0 Å². The van der Waals surface area contributed by atoms with E-state index in [4.69, 9.17) is 5.11 Å². The summed E-state index contributed by atoms with van der Waals surface area (Å²) in [5, 5.41) is 11.7. The van der Waals surface area contributed by atoms with Crippen LogP contribution in [-0.4, -0.2) is 31.3 Å². The number of hydrogen-bond donors (Lipinski definition) is 2. The Hall–Kier alpha value is -1.03. The van der Waals surface area contributed by atoms with Gasteiger partial charge in [-0.2, -0.15) is 0 Å². The van der Waals surface area contributed by atoms with E-state index in [0.29, 0.717) is 0 Å². The molecule has 0 atom stereocenters. The van der Waals surface area contributed by atoms with Crippen molar-refractivity contribution in [1.82, 2.24) is 5.32 Å². The number of esters is 1. The maximum atomic E-state index is 10.7. The summed E-state index contributed by atoms with van der Waals surface area (Å²) >= 11 is 0. The molecule has 4 nitrogen and oxygen atoms in total. The second-order valence-corrected chi connectivity index (χ2v) is 4.23. The lowest BCUT2D eigenvalue weighted by Gasteiger charge is -2.23. The van der Waals surface area contributed by atoms with Crippen LogP contribution in [0, 0.1) is 5.41 Å². The third-order valence-electron chi connectivity index (χ3n) is 2.13. The minimum Gasteiger partial charge on any atom is -0.466 e. The zero-order valence-corrected chi connectivity index (χ0v) is 9.75. The number of aliphatic hydroxyl groups excluding tert-OH is 1. The summed E-state index contributed by atoms with van der Waals surface area (Å²) in [6, 6.07) is 0. The van der Waals surface area contributed by atoms with Gasteiger partial charge in [0.15, 0.2) is 0 Å². The number of ether oxygens (including phenoxy) is 1. The van der Waals surface area contributed by atoms with Gasteiger partial charge in [0.2, 0.25) is 0 Å². The number of carbonyl (C=O) groups excluding carboxylic acids is 1. The summed E-state index contributed by atoms with van der Waals surface area (Å²) in [6.45, 7) is 5.21. The predicted molar refractivity (Wildman–Crippen MR) is 59.3 cm³/mol. The fraction of sp³-hybridized carbons (Fsp3) is 0.727. The Bertz CT molecular complexity index is 212. The van der Waals surface area contributed by atoms with Crippen LogP contribution in [0.1, 0.15) is 26.7 Å². The van der Waals surface area contributed by atoms with E-state index in [9.17, 15) is 4.79 Å². The maximum Gasteiger partial charge on any atom is 0.331 e. The molecule has 88 valence electrons. The largest absolute Gasteiger partial charge is 0.466 e. The van der Waals surface area contributed by atoms with Gasteiger partial charge in [-0.3, -0.25) is 0 Å². The predicted octanol–water partition coefficient (Wildman–Crippen LogP) is 1.06. The van der Waals surface area contributed by atoms with Crippen molar-refractivity contribution < 1.29 is 14.6 Å². The van der Waals surface area contributed by atoms with E-state index >= 15 is 0 Å². The van der Waals surface area contributed by atoms with Gasteiger partial charge in [0.1, 0.15) is 0 Å². The van der Waals surface area contributed by atoms with E-state index in [2.05, 4.69) is 23.9 Å². The molecule has 0 aliphatic heterocycles. The molecule has 0 rings (SSSR count). The summed E-state index contributed by atoms with van der Waals surface area (Å²) in [7, 11) is 1.35. The van der Waals surface area contributed by atoms with Crippen LogP contribution in [0.15, 0.2) is 12.3 Å². The summed E-state index contributed by atoms with van der Waals surface area (Å²) in [6.07, 6.45) is 4.69. The number of nitrogens with one attached hydrogen (secondary N) is 1. The van der Waals surface area contributed by atoms with Crippen molar-refractivity contribution in [3.05, 3.63) is 12.3 Å². The lowest BCUT2D eigenvalue weighted by Crippen LogP contribution is -2.26. The van der Waals surface area contributed by atoms with Crippen molar-refractivity contribution in [3.63, 3.8) is 0 Å². The summed E-state index contributed by atoms with van der Waals surface area (Å²) in [5.41, 5.74) is 0.114. The average Bonchev–Trinajstić information content (AvgIpc) is 2.21. The Morgan fingerprint density at radius 3 is 2.73 bits per heavy atom. The molecular weight excluding hydrogens is 194 g/mol. The lowest BCUT2D eigenvalue weighted by atomic mass is 9.88. The monoisotopic (exact) mass is 215 g/mol. The number of hydrogen-bond acceptors (Lipinski definition) is 4. The highest BCUT2D eigenvalue weighted by Gasteiger charge is 2.15. The topological polar surface area (TPSA) is 58.6 Å². The second-order valence-electron chi connectivity index (χ2n) is 4.23. The fourth-order valence-electron chi connectivity index (χ4n) is 1.18. The molecule has 0 fully saturated rings. The first-order chi connectivity index (χ1) is 7.02. The Labute approximate surface area is 91.3 Å². The van der Waals surface area contributed by atoms with Gasteiger partial charge >= 0.3 is 5.97 Å². The smallest absolute Gasteiger partial charge is 0.331 e. The molecule has 0 aromatic rings. The van der Waals surface area contributed by atoms with Gasteiger partial charge in [0.25, 0.3) is 0 Å². The van der Waals surface area contributed by atoms with E-state index < -0.39 is 0 Å². The van der Waals surface area contributed by atoms with E-state index in [-0.39, 0.29) is 18.0 Å². The van der Waals surface area contributed by atoms with Crippen LogP contribution in [0.25, 0.3) is 0 Å². The third kappa shape index (κ3) is 8.00. The Morgan fingerprint density at radius 2 is 2.20 bits per heavy atom. The van der Waals surface area contributed by atoms with E-state index in [1.165, 1.54) is 13.2 Å². The minimum atomic E-state index is -0.365. The Kier molecular flexibility index (Phi) is 6.79. The van der Waals surface area contributed by atoms with Gasteiger partial charge in [-0.25, -0.2) is 4.79 Å². The molecule has 0 spiro atoms. The fourth-order valence-corrected chi connectivity index (χ4v) is 1.18. The van der Waals surface area contributed by atoms with Crippen LogP contribution in [0.3, 0.4) is 0 Å². The SMILES string of the molecule is COC(=O)/C=C/NCC(C)(C)CCCO. The molecule has 0 unspecified atom stereocenters. The molecule has 0 amide bonds. The standard InChI is InChI=1S/C11H21NO3/c1-11(2,6-4-8-13)9-12-7-5-10(14)15-3/h5,7,12-13H,4,6,8-9H2,1-3H3/b7-5+. The summed E-state index contributed by atoms with van der Waals surface area (Å²) in [5.74, 6) is -0.365. The van der Waals surface area contributed by atoms with Crippen LogP contribution >= 0.6 is 0 Å². The molecule has 0 heterocycles. The van der Waals surface area contributed by atoms with Gasteiger partial charge in [0.05, 0.1) is 7.11 Å². The highest BCUT2D eigenvalue weighted by Crippen LogP contribution is 2.20. The number of rotatable bonds is 7. The first-order valence-electron chi connectivity index (χ1n) is 5.10. The van der Waals surface area contributed by atoms with Crippen LogP contribution in [0.4, 0.5) is 0 Å². The highest BCUT2D eigenvalue weighted by molar-refractivity contribution is 5.81. The molecule has 0 aliphatic rings. The van der Waals surface area contributed by atoms with E-state index in [0.717, 1.165) is 19.4 Å². The van der Waals surface area contributed by atoms with Crippen molar-refractivity contribution >= 4 is 5.97 Å². The quantitative estimate of drug-likeness (QED) is 0.492. The zero-order chi connectivity index (χ0) is 11.7. The molecule has 0 saturated heterocycles. The molecule has 0 bridgehead atoms. The molecule has 0 saturated carbocycles. The maximum absolute atomic E-state index is 10.7. The lowest BCUT2D eigenvalue weighted by molar-refractivity contribution is -0.134. The van der Waals surface area contributed by atoms with Crippen molar-refractivity contribution in [2.24, 2.45) is 5.41 Å². The van der Waals surface area contributed by atoms with Gasteiger partial charge < -0.3 is 15.2 Å². The summed E-state index contributed by atoms with van der Waals surface area (Å²) < 4.78 is 4.45. The van der Waals surface area contributed by atoms with Crippen molar-refractivity contribution in [1.29, 1.82) is 0 Å². The minimum absolute atomic E-state index is 0.114. The van der Waals surface area contributed by atoms with Crippen molar-refractivity contribution in [2.45, 2.75) is 26.7 Å². The Morgan fingerprint density at radius 1 is 1.53 bits per heavy atom. The van der Waals surface area contributed by atoms with Crippen LogP contribution in [0.5, 0.6) is 0 Å². The average molecular weight is 215 g/mol. The van der Waals surface area contributed by atoms with Gasteiger partial charge in [0, 0.05) is 25.4 Å². The first kappa shape index (κ1) is 14.0. The molecule has 0 radical (unpaired) electrons. The summed E-state index contributed by atoms with van der Waals surface area (Å²) in [4.78, 5) is 10.7. The Balaban J connectivity index is 3.73. The van der Waals surface area contributed by atoms with Crippen molar-refractivity contribution in [3.8, 4) is 0 Å². The normalized spacial score (nSPS) is 11.7. The van der Waals surface area contributed by atoms with Gasteiger partial charge in [-0.1, -0.05) is 13.8 Å². The number of aliphatic hydroxyl groups is 1. The van der Waals surface area contributed by atoms with Crippen LogP contribution < -0.4 is 5.32 Å². The van der Waals surface area contributed by atoms with Gasteiger partial charge in [-0.05, 0) is 18.3 Å². The highest BCUT2D eigenvalue weighted by atomic mass is 16.5. The molecule has 0 aliphatic carbocycles. The molecule has 2 N–H and O–H groups in total. The van der Waals surface area contributed by atoms with E-state index in [1.54, 1.807) is 6.20 Å². The molecule has 0 aromatic heterocycles. The van der Waals surface area contributed by atoms with Crippen LogP contribution in [-0.2, 0) is 9.53 Å². The zero-order valence-electron chi connectivity index (χ0n) is 9.75. The van der Waals surface area contributed by atoms with Crippen molar-refractivity contribution in [2.75, 3.05) is 20.3 Å². The molecular formula is C11H21NO3. The second kappa shape index (κ2) is 7.29. The third-order valence-corrected chi connectivity index (χ3v) is 2.13. The molecule has 4 heteroatoms. The first-order valence-corrected chi connectivity index (χ1v) is 5.10. The number of carbonyl (C=O) groups is 1.